The average Bonchev–Trinajstić information content (AvgIpc) is 3.05. The molecule has 25 heavy (non-hydrogen) atoms. The Hall–Kier alpha value is -3.36. The first-order chi connectivity index (χ1) is 12.0. The van der Waals surface area contributed by atoms with Crippen LogP contribution in [0.25, 0.3) is 11.4 Å². The molecule has 0 spiro atoms. The third kappa shape index (κ3) is 3.94. The molecule has 3 rings (SSSR count). The molecule has 0 aliphatic rings. The number of hydrogen-bond acceptors (Lipinski definition) is 8. The minimum atomic E-state index is -0.438. The van der Waals surface area contributed by atoms with Crippen LogP contribution in [0.2, 0.25) is 0 Å². The Morgan fingerprint density at radius 2 is 1.96 bits per heavy atom. The highest BCUT2D eigenvalue weighted by atomic mass is 16.6. The quantitative estimate of drug-likeness (QED) is 0.537. The molecule has 3 aromatic rings. The zero-order chi connectivity index (χ0) is 17.8. The number of hydrogen-bond donors (Lipinski definition) is 1. The molecule has 0 aliphatic carbocycles. The topological polar surface area (TPSA) is 120 Å². The molecular weight excluding hydrogens is 324 g/mol. The van der Waals surface area contributed by atoms with E-state index in [1.807, 2.05) is 13.0 Å². The Kier molecular flexibility index (Phi) is 4.64. The SMILES string of the molecule is CCc1cc(NCc2noc(C)n2)nc(-c2ccc([N+](=O)[O-])cc2)n1. The van der Waals surface area contributed by atoms with Crippen molar-refractivity contribution in [2.24, 2.45) is 0 Å². The van der Waals surface area contributed by atoms with Crippen molar-refractivity contribution in [2.45, 2.75) is 26.8 Å². The lowest BCUT2D eigenvalue weighted by atomic mass is 10.2. The van der Waals surface area contributed by atoms with Gasteiger partial charge in [0.05, 0.1) is 11.5 Å². The lowest BCUT2D eigenvalue weighted by Gasteiger charge is -2.08. The molecule has 0 atom stereocenters. The molecule has 0 saturated carbocycles. The van der Waals surface area contributed by atoms with Gasteiger partial charge in [0.1, 0.15) is 5.82 Å². The van der Waals surface area contributed by atoms with Gasteiger partial charge in [0.25, 0.3) is 5.69 Å². The summed E-state index contributed by atoms with van der Waals surface area (Å²) in [5, 5.41) is 17.7. The largest absolute Gasteiger partial charge is 0.363 e. The van der Waals surface area contributed by atoms with E-state index in [4.69, 9.17) is 4.52 Å². The van der Waals surface area contributed by atoms with Crippen molar-refractivity contribution in [1.29, 1.82) is 0 Å². The Morgan fingerprint density at radius 1 is 1.20 bits per heavy atom. The average molecular weight is 340 g/mol. The van der Waals surface area contributed by atoms with Crippen molar-refractivity contribution in [3.8, 4) is 11.4 Å². The van der Waals surface area contributed by atoms with Gasteiger partial charge in [-0.05, 0) is 18.6 Å². The summed E-state index contributed by atoms with van der Waals surface area (Å²) in [6.45, 7) is 4.09. The number of nitrogens with one attached hydrogen (secondary N) is 1. The number of nitrogens with zero attached hydrogens (tertiary/aromatic N) is 5. The van der Waals surface area contributed by atoms with Crippen LogP contribution in [-0.2, 0) is 13.0 Å². The molecule has 9 nitrogen and oxygen atoms in total. The van der Waals surface area contributed by atoms with E-state index in [2.05, 4.69) is 25.4 Å². The van der Waals surface area contributed by atoms with Crippen LogP contribution in [0.4, 0.5) is 11.5 Å². The first kappa shape index (κ1) is 16.5. The number of anilines is 1. The highest BCUT2D eigenvalue weighted by Crippen LogP contribution is 2.21. The standard InChI is InChI=1S/C16H16N6O3/c1-3-12-8-14(17-9-15-18-10(2)25-21-15)20-16(19-12)11-4-6-13(7-5-11)22(23)24/h4-8H,3,9H2,1-2H3,(H,17,19,20). The number of aromatic nitrogens is 4. The molecule has 0 fully saturated rings. The summed E-state index contributed by atoms with van der Waals surface area (Å²) in [4.78, 5) is 23.4. The normalized spacial score (nSPS) is 10.6. The summed E-state index contributed by atoms with van der Waals surface area (Å²) in [6.07, 6.45) is 0.735. The molecule has 9 heteroatoms. The molecule has 2 heterocycles. The third-order valence-electron chi connectivity index (χ3n) is 3.48. The fourth-order valence-electron chi connectivity index (χ4n) is 2.21. The van der Waals surface area contributed by atoms with Gasteiger partial charge in [0, 0.05) is 36.4 Å². The maximum absolute atomic E-state index is 10.8. The molecule has 0 aliphatic heterocycles. The van der Waals surface area contributed by atoms with Crippen molar-refractivity contribution in [3.63, 3.8) is 0 Å². The Morgan fingerprint density at radius 3 is 2.56 bits per heavy atom. The van der Waals surface area contributed by atoms with E-state index in [1.165, 1.54) is 12.1 Å². The number of benzene rings is 1. The fraction of sp³-hybridized carbons (Fsp3) is 0.250. The molecule has 1 aromatic carbocycles. The Bertz CT molecular complexity index is 891. The summed E-state index contributed by atoms with van der Waals surface area (Å²) in [5.74, 6) is 2.16. The van der Waals surface area contributed by atoms with E-state index in [-0.39, 0.29) is 5.69 Å². The number of non-ortho nitro benzene ring substituents is 1. The molecule has 0 bridgehead atoms. The predicted octanol–water partition coefficient (Wildman–Crippen LogP) is 2.92. The second-order valence-corrected chi connectivity index (χ2v) is 5.31. The maximum Gasteiger partial charge on any atom is 0.269 e. The molecule has 0 radical (unpaired) electrons. The Labute approximate surface area is 143 Å². The number of rotatable bonds is 6. The van der Waals surface area contributed by atoms with E-state index >= 15 is 0 Å². The number of nitro groups is 1. The molecule has 0 amide bonds. The van der Waals surface area contributed by atoms with E-state index < -0.39 is 4.92 Å². The third-order valence-corrected chi connectivity index (χ3v) is 3.48. The van der Waals surface area contributed by atoms with Gasteiger partial charge < -0.3 is 9.84 Å². The van der Waals surface area contributed by atoms with Crippen LogP contribution in [0.5, 0.6) is 0 Å². The van der Waals surface area contributed by atoms with E-state index in [0.717, 1.165) is 12.1 Å². The van der Waals surface area contributed by atoms with Gasteiger partial charge >= 0.3 is 0 Å². The lowest BCUT2D eigenvalue weighted by molar-refractivity contribution is -0.384. The summed E-state index contributed by atoms with van der Waals surface area (Å²) < 4.78 is 4.93. The van der Waals surface area contributed by atoms with Crippen molar-refractivity contribution in [1.82, 2.24) is 20.1 Å². The van der Waals surface area contributed by atoms with Crippen LogP contribution in [-0.4, -0.2) is 25.0 Å². The zero-order valence-electron chi connectivity index (χ0n) is 13.8. The van der Waals surface area contributed by atoms with Crippen LogP contribution < -0.4 is 5.32 Å². The van der Waals surface area contributed by atoms with Gasteiger partial charge in [-0.3, -0.25) is 10.1 Å². The van der Waals surface area contributed by atoms with Crippen LogP contribution >= 0.6 is 0 Å². The molecule has 2 aromatic heterocycles. The van der Waals surface area contributed by atoms with Gasteiger partial charge in [-0.15, -0.1) is 0 Å². The van der Waals surface area contributed by atoms with Crippen LogP contribution in [0.3, 0.4) is 0 Å². The minimum Gasteiger partial charge on any atom is -0.363 e. The molecule has 0 unspecified atom stereocenters. The second kappa shape index (κ2) is 7.04. The molecule has 128 valence electrons. The fourth-order valence-corrected chi connectivity index (χ4v) is 2.21. The second-order valence-electron chi connectivity index (χ2n) is 5.31. The predicted molar refractivity (Wildman–Crippen MR) is 89.9 cm³/mol. The molecular formula is C16H16N6O3. The summed E-state index contributed by atoms with van der Waals surface area (Å²) in [5.41, 5.74) is 1.59. The van der Waals surface area contributed by atoms with Crippen molar-refractivity contribution >= 4 is 11.5 Å². The number of nitro benzene ring substituents is 1. The smallest absolute Gasteiger partial charge is 0.269 e. The number of aryl methyl sites for hydroxylation is 2. The zero-order valence-corrected chi connectivity index (χ0v) is 13.8. The van der Waals surface area contributed by atoms with E-state index in [1.54, 1.807) is 19.1 Å². The summed E-state index contributed by atoms with van der Waals surface area (Å²) >= 11 is 0. The lowest BCUT2D eigenvalue weighted by Crippen LogP contribution is -2.06. The van der Waals surface area contributed by atoms with Crippen LogP contribution in [0, 0.1) is 17.0 Å². The van der Waals surface area contributed by atoms with Crippen molar-refractivity contribution in [3.05, 3.63) is 57.9 Å². The summed E-state index contributed by atoms with van der Waals surface area (Å²) in [7, 11) is 0. The minimum absolute atomic E-state index is 0.0289. The van der Waals surface area contributed by atoms with Gasteiger partial charge in [-0.25, -0.2) is 9.97 Å². The van der Waals surface area contributed by atoms with Gasteiger partial charge in [-0.2, -0.15) is 4.98 Å². The Balaban J connectivity index is 1.85. The van der Waals surface area contributed by atoms with Crippen LogP contribution in [0.1, 0.15) is 24.3 Å². The van der Waals surface area contributed by atoms with Gasteiger partial charge in [0.15, 0.2) is 11.6 Å². The summed E-state index contributed by atoms with van der Waals surface area (Å²) in [6, 6.07) is 8.00. The van der Waals surface area contributed by atoms with Crippen LogP contribution in [0.15, 0.2) is 34.9 Å². The van der Waals surface area contributed by atoms with Gasteiger partial charge in [-0.1, -0.05) is 12.1 Å². The molecule has 1 N–H and O–H groups in total. The first-order valence-electron chi connectivity index (χ1n) is 7.71. The van der Waals surface area contributed by atoms with Crippen molar-refractivity contribution in [2.75, 3.05) is 5.32 Å². The maximum atomic E-state index is 10.8. The van der Waals surface area contributed by atoms with E-state index in [0.29, 0.717) is 35.5 Å². The van der Waals surface area contributed by atoms with Gasteiger partial charge in [0.2, 0.25) is 5.89 Å². The first-order valence-corrected chi connectivity index (χ1v) is 7.71. The molecule has 0 saturated heterocycles. The highest BCUT2D eigenvalue weighted by molar-refractivity contribution is 5.59. The van der Waals surface area contributed by atoms with Crippen molar-refractivity contribution < 1.29 is 9.45 Å². The van der Waals surface area contributed by atoms with E-state index in [9.17, 15) is 10.1 Å². The highest BCUT2D eigenvalue weighted by Gasteiger charge is 2.10. The monoisotopic (exact) mass is 340 g/mol.